The molecule has 1 aliphatic heterocycles. The van der Waals surface area contributed by atoms with Gasteiger partial charge in [-0.3, -0.25) is 9.89 Å². The minimum Gasteiger partial charge on any atom is -0.388 e. The first-order chi connectivity index (χ1) is 10.0. The maximum atomic E-state index is 12.4. The molecule has 1 saturated heterocycles. The second-order valence-corrected chi connectivity index (χ2v) is 6.78. The Morgan fingerprint density at radius 2 is 2.19 bits per heavy atom. The van der Waals surface area contributed by atoms with E-state index in [4.69, 9.17) is 0 Å². The summed E-state index contributed by atoms with van der Waals surface area (Å²) in [6, 6.07) is 9.54. The van der Waals surface area contributed by atoms with Crippen molar-refractivity contribution < 1.29 is 9.90 Å². The molecule has 21 heavy (non-hydrogen) atoms. The zero-order valence-corrected chi connectivity index (χ0v) is 12.8. The fourth-order valence-electron chi connectivity index (χ4n) is 2.98. The highest BCUT2D eigenvalue weighted by Crippen LogP contribution is 2.49. The topological polar surface area (TPSA) is 69.2 Å². The summed E-state index contributed by atoms with van der Waals surface area (Å²) in [5.74, 6) is 0.168. The number of piperidine rings is 1. The van der Waals surface area contributed by atoms with E-state index >= 15 is 0 Å². The maximum absolute atomic E-state index is 12.4. The number of aliphatic hydroxyl groups is 1. The summed E-state index contributed by atoms with van der Waals surface area (Å²) in [6.07, 6.45) is 0.823. The summed E-state index contributed by atoms with van der Waals surface area (Å²) in [6.45, 7) is 1.07. The predicted octanol–water partition coefficient (Wildman–Crippen LogP) is 2.05. The number of aromatic amines is 1. The zero-order valence-electron chi connectivity index (χ0n) is 11.2. The van der Waals surface area contributed by atoms with Gasteiger partial charge in [-0.05, 0) is 24.6 Å². The zero-order chi connectivity index (χ0) is 14.6. The van der Waals surface area contributed by atoms with Gasteiger partial charge in [0.2, 0.25) is 0 Å². The Kier molecular flexibility index (Phi) is 2.74. The molecule has 0 radical (unpaired) electrons. The number of nitrogens with one attached hydrogen (secondary N) is 1. The van der Waals surface area contributed by atoms with Crippen LogP contribution in [0.5, 0.6) is 0 Å². The van der Waals surface area contributed by atoms with Crippen LogP contribution in [-0.2, 0) is 0 Å². The van der Waals surface area contributed by atoms with E-state index in [9.17, 15) is 9.90 Å². The summed E-state index contributed by atoms with van der Waals surface area (Å²) in [4.78, 5) is 14.1. The summed E-state index contributed by atoms with van der Waals surface area (Å²) >= 11 is 3.39. The second kappa shape index (κ2) is 4.42. The number of hydrogen-bond acceptors (Lipinski definition) is 3. The van der Waals surface area contributed by atoms with Crippen LogP contribution in [0.25, 0.3) is 11.3 Å². The molecule has 2 N–H and O–H groups in total. The molecule has 1 aliphatic carbocycles. The van der Waals surface area contributed by atoms with E-state index in [0.717, 1.165) is 22.2 Å². The molecule has 1 saturated carbocycles. The van der Waals surface area contributed by atoms with Gasteiger partial charge < -0.3 is 10.0 Å². The molecule has 2 fully saturated rings. The van der Waals surface area contributed by atoms with Crippen LogP contribution in [0.15, 0.2) is 34.8 Å². The normalized spacial score (nSPS) is 26.8. The molecule has 2 aliphatic rings. The van der Waals surface area contributed by atoms with Crippen molar-refractivity contribution in [3.63, 3.8) is 0 Å². The van der Waals surface area contributed by atoms with E-state index in [0.29, 0.717) is 18.8 Å². The van der Waals surface area contributed by atoms with Gasteiger partial charge in [-0.2, -0.15) is 5.10 Å². The molecule has 2 atom stereocenters. The summed E-state index contributed by atoms with van der Waals surface area (Å²) in [7, 11) is 0. The van der Waals surface area contributed by atoms with E-state index in [2.05, 4.69) is 26.1 Å². The lowest BCUT2D eigenvalue weighted by Crippen LogP contribution is -2.33. The van der Waals surface area contributed by atoms with E-state index < -0.39 is 5.60 Å². The van der Waals surface area contributed by atoms with Gasteiger partial charge in [-0.1, -0.05) is 28.1 Å². The molecule has 0 bridgehead atoms. The smallest absolute Gasteiger partial charge is 0.271 e. The Labute approximate surface area is 130 Å². The number of rotatable bonds is 2. The maximum Gasteiger partial charge on any atom is 0.271 e. The predicted molar refractivity (Wildman–Crippen MR) is 80.7 cm³/mol. The minimum absolute atomic E-state index is 0.0912. The van der Waals surface area contributed by atoms with Crippen LogP contribution in [0, 0.1) is 5.92 Å². The molecule has 2 aromatic rings. The molecule has 0 spiro atoms. The van der Waals surface area contributed by atoms with Crippen molar-refractivity contribution in [1.82, 2.24) is 15.1 Å². The van der Waals surface area contributed by atoms with Crippen LogP contribution in [0.1, 0.15) is 16.9 Å². The van der Waals surface area contributed by atoms with Crippen LogP contribution in [0.4, 0.5) is 0 Å². The first kappa shape index (κ1) is 13.0. The van der Waals surface area contributed by atoms with E-state index in [1.165, 1.54) is 0 Å². The van der Waals surface area contributed by atoms with Gasteiger partial charge in [-0.25, -0.2) is 0 Å². The molecule has 108 valence electrons. The standard InChI is InChI=1S/C15H14BrN3O2/c16-11-3-1-9(2-4-11)12-5-13(18-17-12)14(20)19-7-10-6-15(10,21)8-19/h1-5,10,21H,6-8H2,(H,17,18). The highest BCUT2D eigenvalue weighted by atomic mass is 79.9. The number of benzene rings is 1. The number of aromatic nitrogens is 2. The first-order valence-electron chi connectivity index (χ1n) is 6.88. The summed E-state index contributed by atoms with van der Waals surface area (Å²) in [5.41, 5.74) is 1.55. The minimum atomic E-state index is -0.621. The monoisotopic (exact) mass is 347 g/mol. The Morgan fingerprint density at radius 3 is 2.86 bits per heavy atom. The molecular weight excluding hydrogens is 334 g/mol. The Balaban J connectivity index is 1.54. The average molecular weight is 348 g/mol. The van der Waals surface area contributed by atoms with Crippen molar-refractivity contribution in [1.29, 1.82) is 0 Å². The number of fused-ring (bicyclic) bond motifs is 1. The third-order valence-electron chi connectivity index (χ3n) is 4.34. The second-order valence-electron chi connectivity index (χ2n) is 5.86. The highest BCUT2D eigenvalue weighted by molar-refractivity contribution is 9.10. The number of β-amino-alcohol motifs (C(OH)–C–C–N with tert-alkyl or cyclic N) is 1. The molecule has 1 aromatic carbocycles. The third-order valence-corrected chi connectivity index (χ3v) is 4.87. The Morgan fingerprint density at radius 1 is 1.43 bits per heavy atom. The Hall–Kier alpha value is -1.66. The van der Waals surface area contributed by atoms with Crippen LogP contribution in [0.3, 0.4) is 0 Å². The molecule has 6 heteroatoms. The number of carbonyl (C=O) groups excluding carboxylic acids is 1. The van der Waals surface area contributed by atoms with Crippen LogP contribution < -0.4 is 0 Å². The lowest BCUT2D eigenvalue weighted by atomic mass is 10.1. The fraction of sp³-hybridized carbons (Fsp3) is 0.333. The quantitative estimate of drug-likeness (QED) is 0.873. The summed E-state index contributed by atoms with van der Waals surface area (Å²) in [5, 5.41) is 17.0. The molecule has 2 unspecified atom stereocenters. The molecule has 5 nitrogen and oxygen atoms in total. The number of nitrogens with zero attached hydrogens (tertiary/aromatic N) is 2. The number of carbonyl (C=O) groups is 1. The summed E-state index contributed by atoms with van der Waals surface area (Å²) < 4.78 is 1.00. The van der Waals surface area contributed by atoms with Crippen LogP contribution in [0.2, 0.25) is 0 Å². The van der Waals surface area contributed by atoms with Crippen molar-refractivity contribution in [2.24, 2.45) is 5.92 Å². The van der Waals surface area contributed by atoms with Crippen molar-refractivity contribution in [2.75, 3.05) is 13.1 Å². The fourth-order valence-corrected chi connectivity index (χ4v) is 3.25. The number of hydrogen-bond donors (Lipinski definition) is 2. The van der Waals surface area contributed by atoms with Crippen LogP contribution in [-0.4, -0.2) is 44.8 Å². The highest BCUT2D eigenvalue weighted by Gasteiger charge is 2.60. The lowest BCUT2D eigenvalue weighted by Gasteiger charge is -2.17. The number of halogens is 1. The molecule has 2 heterocycles. The first-order valence-corrected chi connectivity index (χ1v) is 7.67. The van der Waals surface area contributed by atoms with Crippen molar-refractivity contribution in [3.8, 4) is 11.3 Å². The van der Waals surface area contributed by atoms with Gasteiger partial charge in [0.15, 0.2) is 0 Å². The van der Waals surface area contributed by atoms with E-state index in [-0.39, 0.29) is 11.8 Å². The van der Waals surface area contributed by atoms with Gasteiger partial charge in [0, 0.05) is 22.5 Å². The molecule has 4 rings (SSSR count). The third kappa shape index (κ3) is 2.18. The molecule has 1 aromatic heterocycles. The van der Waals surface area contributed by atoms with Gasteiger partial charge in [-0.15, -0.1) is 0 Å². The number of likely N-dealkylation sites (tertiary alicyclic amines) is 1. The van der Waals surface area contributed by atoms with E-state index in [1.807, 2.05) is 24.3 Å². The van der Waals surface area contributed by atoms with Gasteiger partial charge in [0.1, 0.15) is 5.69 Å². The van der Waals surface area contributed by atoms with Gasteiger partial charge in [0.25, 0.3) is 5.91 Å². The van der Waals surface area contributed by atoms with Crippen molar-refractivity contribution >= 4 is 21.8 Å². The number of amides is 1. The number of H-pyrrole nitrogens is 1. The molecular formula is C15H14BrN3O2. The van der Waals surface area contributed by atoms with Crippen LogP contribution >= 0.6 is 15.9 Å². The van der Waals surface area contributed by atoms with Gasteiger partial charge in [0.05, 0.1) is 17.8 Å². The lowest BCUT2D eigenvalue weighted by molar-refractivity contribution is 0.0697. The van der Waals surface area contributed by atoms with E-state index in [1.54, 1.807) is 11.0 Å². The van der Waals surface area contributed by atoms with Crippen molar-refractivity contribution in [3.05, 3.63) is 40.5 Å². The van der Waals surface area contributed by atoms with Gasteiger partial charge >= 0.3 is 0 Å². The SMILES string of the molecule is O=C(c1cc(-c2ccc(Br)cc2)n[nH]1)N1CC2CC2(O)C1. The molecule has 1 amide bonds. The largest absolute Gasteiger partial charge is 0.388 e. The van der Waals surface area contributed by atoms with Crippen molar-refractivity contribution in [2.45, 2.75) is 12.0 Å². The Bertz CT molecular complexity index is 712. The average Bonchev–Trinajstić information content (AvgIpc) is 2.84.